The first-order valence-corrected chi connectivity index (χ1v) is 12.5. The van der Waals surface area contributed by atoms with Gasteiger partial charge in [0, 0.05) is 68.4 Å². The number of amides is 1. The van der Waals surface area contributed by atoms with Crippen molar-refractivity contribution >= 4 is 28.9 Å². The van der Waals surface area contributed by atoms with E-state index in [2.05, 4.69) is 38.6 Å². The monoisotopic (exact) mass is 492 g/mol. The fourth-order valence-corrected chi connectivity index (χ4v) is 5.14. The Kier molecular flexibility index (Phi) is 6.82. The summed E-state index contributed by atoms with van der Waals surface area (Å²) in [6, 6.07) is 8.04. The van der Waals surface area contributed by atoms with Gasteiger partial charge in [0.15, 0.2) is 11.6 Å². The number of carbonyl (C=O) groups is 1. The standard InChI is InChI=1S/C27H33FN6O2/c1-4-18(2)34-11-5-6-21(17-34)32(3)26-24(28)22-16-29-27(35)23(22)25(31-26)30-19-7-9-20(10-8-19)33-12-14-36-15-13-33/h4,7-10,21H,1-2,5-6,11-17H2,3H3,(H,29,35)(H,30,31). The minimum absolute atomic E-state index is 0.0567. The maximum Gasteiger partial charge on any atom is 0.255 e. The lowest BCUT2D eigenvalue weighted by atomic mass is 10.0. The fourth-order valence-electron chi connectivity index (χ4n) is 5.14. The molecular formula is C27H33FN6O2. The van der Waals surface area contributed by atoms with Crippen LogP contribution in [0.5, 0.6) is 0 Å². The number of piperidine rings is 1. The maximum atomic E-state index is 15.7. The van der Waals surface area contributed by atoms with Crippen LogP contribution in [0.1, 0.15) is 28.8 Å². The van der Waals surface area contributed by atoms with Gasteiger partial charge in [-0.3, -0.25) is 4.79 Å². The number of anilines is 4. The molecule has 2 saturated heterocycles. The Balaban J connectivity index is 1.42. The van der Waals surface area contributed by atoms with Crippen LogP contribution in [0.25, 0.3) is 0 Å². The molecule has 1 atom stereocenters. The summed E-state index contributed by atoms with van der Waals surface area (Å²) in [5.41, 5.74) is 3.39. The first kappa shape index (κ1) is 24.1. The number of nitrogens with zero attached hydrogens (tertiary/aromatic N) is 4. The molecule has 0 radical (unpaired) electrons. The molecule has 190 valence electrons. The predicted molar refractivity (Wildman–Crippen MR) is 140 cm³/mol. The Morgan fingerprint density at radius 2 is 2.03 bits per heavy atom. The molecule has 0 aliphatic carbocycles. The highest BCUT2D eigenvalue weighted by Crippen LogP contribution is 2.34. The summed E-state index contributed by atoms with van der Waals surface area (Å²) in [6.45, 7) is 12.8. The van der Waals surface area contributed by atoms with Gasteiger partial charge < -0.3 is 30.1 Å². The number of aromatic nitrogens is 1. The molecule has 1 unspecified atom stereocenters. The van der Waals surface area contributed by atoms with Gasteiger partial charge in [-0.05, 0) is 43.2 Å². The number of allylic oxidation sites excluding steroid dienone is 1. The van der Waals surface area contributed by atoms with Crippen LogP contribution in [0.15, 0.2) is 49.2 Å². The zero-order valence-electron chi connectivity index (χ0n) is 20.7. The van der Waals surface area contributed by atoms with Crippen molar-refractivity contribution in [2.45, 2.75) is 25.4 Å². The van der Waals surface area contributed by atoms with Gasteiger partial charge in [0.25, 0.3) is 5.91 Å². The van der Waals surface area contributed by atoms with E-state index in [1.165, 1.54) is 0 Å². The van der Waals surface area contributed by atoms with Gasteiger partial charge in [0.2, 0.25) is 0 Å². The van der Waals surface area contributed by atoms with Gasteiger partial charge in [-0.25, -0.2) is 9.37 Å². The van der Waals surface area contributed by atoms with Gasteiger partial charge in [-0.15, -0.1) is 0 Å². The highest BCUT2D eigenvalue weighted by molar-refractivity contribution is 6.03. The first-order valence-electron chi connectivity index (χ1n) is 12.5. The number of likely N-dealkylation sites (N-methyl/N-ethyl adjacent to an activating group) is 1. The first-order chi connectivity index (χ1) is 17.5. The van der Waals surface area contributed by atoms with Crippen molar-refractivity contribution in [3.63, 3.8) is 0 Å². The average Bonchev–Trinajstić information content (AvgIpc) is 3.32. The van der Waals surface area contributed by atoms with Crippen molar-refractivity contribution in [2.75, 3.05) is 61.6 Å². The number of halogens is 1. The fraction of sp³-hybridized carbons (Fsp3) is 0.407. The van der Waals surface area contributed by atoms with Gasteiger partial charge in [-0.2, -0.15) is 0 Å². The van der Waals surface area contributed by atoms with Gasteiger partial charge >= 0.3 is 0 Å². The molecule has 3 aliphatic rings. The largest absolute Gasteiger partial charge is 0.378 e. The second-order valence-corrected chi connectivity index (χ2v) is 9.45. The van der Waals surface area contributed by atoms with E-state index in [1.54, 1.807) is 6.08 Å². The number of morpholine rings is 1. The number of carbonyl (C=O) groups excluding carboxylic acids is 1. The summed E-state index contributed by atoms with van der Waals surface area (Å²) >= 11 is 0. The van der Waals surface area contributed by atoms with Crippen molar-refractivity contribution in [1.29, 1.82) is 0 Å². The molecule has 1 amide bonds. The highest BCUT2D eigenvalue weighted by Gasteiger charge is 2.33. The molecule has 4 heterocycles. The van der Waals surface area contributed by atoms with Crippen molar-refractivity contribution in [2.24, 2.45) is 0 Å². The molecule has 36 heavy (non-hydrogen) atoms. The molecule has 1 aromatic heterocycles. The van der Waals surface area contributed by atoms with E-state index in [0.29, 0.717) is 17.9 Å². The van der Waals surface area contributed by atoms with E-state index >= 15 is 4.39 Å². The van der Waals surface area contributed by atoms with E-state index in [-0.39, 0.29) is 29.9 Å². The summed E-state index contributed by atoms with van der Waals surface area (Å²) in [5.74, 6) is -0.151. The molecule has 0 bridgehead atoms. The number of hydrogen-bond acceptors (Lipinski definition) is 7. The molecule has 0 spiro atoms. The summed E-state index contributed by atoms with van der Waals surface area (Å²) < 4.78 is 21.1. The second-order valence-electron chi connectivity index (χ2n) is 9.45. The summed E-state index contributed by atoms with van der Waals surface area (Å²) in [6.07, 6.45) is 3.63. The Morgan fingerprint density at radius 1 is 1.28 bits per heavy atom. The lowest BCUT2D eigenvalue weighted by Crippen LogP contribution is -2.46. The van der Waals surface area contributed by atoms with E-state index in [0.717, 1.165) is 62.8 Å². The number of ether oxygens (including phenoxy) is 1. The SMILES string of the molecule is C=CC(=C)N1CCCC(N(C)c2nc(Nc3ccc(N4CCOCC4)cc3)c3c(c2F)CNC3=O)C1. The number of likely N-dealkylation sites (tertiary alicyclic amines) is 1. The number of pyridine rings is 1. The minimum Gasteiger partial charge on any atom is -0.378 e. The number of hydrogen-bond donors (Lipinski definition) is 2. The minimum atomic E-state index is -0.446. The van der Waals surface area contributed by atoms with E-state index < -0.39 is 5.82 Å². The lowest BCUT2D eigenvalue weighted by molar-refractivity contribution is 0.0966. The molecule has 5 rings (SSSR count). The molecule has 1 aromatic carbocycles. The maximum absolute atomic E-state index is 15.7. The van der Waals surface area contributed by atoms with Crippen LogP contribution in [0.3, 0.4) is 0 Å². The third-order valence-electron chi connectivity index (χ3n) is 7.30. The van der Waals surface area contributed by atoms with Crippen LogP contribution in [0.4, 0.5) is 27.4 Å². The summed E-state index contributed by atoms with van der Waals surface area (Å²) in [5, 5.41) is 6.03. The third kappa shape index (κ3) is 4.63. The molecule has 2 fully saturated rings. The van der Waals surface area contributed by atoms with Gasteiger partial charge in [0.1, 0.15) is 5.82 Å². The zero-order valence-corrected chi connectivity index (χ0v) is 20.7. The Labute approximate surface area is 211 Å². The van der Waals surface area contributed by atoms with Crippen LogP contribution in [-0.4, -0.2) is 68.3 Å². The molecule has 8 nitrogen and oxygen atoms in total. The van der Waals surface area contributed by atoms with Crippen LogP contribution in [0, 0.1) is 5.82 Å². The molecule has 0 saturated carbocycles. The summed E-state index contributed by atoms with van der Waals surface area (Å²) in [4.78, 5) is 23.6. The van der Waals surface area contributed by atoms with Crippen LogP contribution in [0.2, 0.25) is 0 Å². The van der Waals surface area contributed by atoms with Crippen molar-refractivity contribution in [1.82, 2.24) is 15.2 Å². The van der Waals surface area contributed by atoms with E-state index in [9.17, 15) is 4.79 Å². The van der Waals surface area contributed by atoms with Crippen molar-refractivity contribution in [3.05, 3.63) is 66.1 Å². The number of nitrogens with one attached hydrogen (secondary N) is 2. The van der Waals surface area contributed by atoms with Crippen LogP contribution >= 0.6 is 0 Å². The molecule has 9 heteroatoms. The number of rotatable bonds is 7. The lowest BCUT2D eigenvalue weighted by Gasteiger charge is -2.39. The molecular weight excluding hydrogens is 459 g/mol. The van der Waals surface area contributed by atoms with Crippen molar-refractivity contribution < 1.29 is 13.9 Å². The zero-order chi connectivity index (χ0) is 25.2. The van der Waals surface area contributed by atoms with Crippen LogP contribution < -0.4 is 20.4 Å². The van der Waals surface area contributed by atoms with E-state index in [4.69, 9.17) is 4.74 Å². The smallest absolute Gasteiger partial charge is 0.255 e. The highest BCUT2D eigenvalue weighted by atomic mass is 19.1. The van der Waals surface area contributed by atoms with Gasteiger partial charge in [-0.1, -0.05) is 13.2 Å². The van der Waals surface area contributed by atoms with Crippen molar-refractivity contribution in [3.8, 4) is 0 Å². The summed E-state index contributed by atoms with van der Waals surface area (Å²) in [7, 11) is 1.87. The second kappa shape index (κ2) is 10.2. The number of fused-ring (bicyclic) bond motifs is 1. The quantitative estimate of drug-likeness (QED) is 0.572. The molecule has 2 N–H and O–H groups in total. The molecule has 3 aliphatic heterocycles. The average molecular weight is 493 g/mol. The Hall–Kier alpha value is -3.59. The van der Waals surface area contributed by atoms with Crippen LogP contribution in [-0.2, 0) is 11.3 Å². The third-order valence-corrected chi connectivity index (χ3v) is 7.30. The number of benzene rings is 1. The van der Waals surface area contributed by atoms with Gasteiger partial charge in [0.05, 0.1) is 18.8 Å². The topological polar surface area (TPSA) is 73.0 Å². The predicted octanol–water partition coefficient (Wildman–Crippen LogP) is 3.64. The normalized spacial score (nSPS) is 19.5. The Bertz CT molecular complexity index is 1160. The Morgan fingerprint density at radius 3 is 2.75 bits per heavy atom. The molecule has 2 aromatic rings. The van der Waals surface area contributed by atoms with E-state index in [1.807, 2.05) is 36.2 Å².